The molecule has 0 aliphatic carbocycles. The van der Waals surface area contributed by atoms with E-state index in [2.05, 4.69) is 162 Å². The third-order valence-corrected chi connectivity index (χ3v) is 9.79. The van der Waals surface area contributed by atoms with Crippen LogP contribution in [-0.2, 0) is 0 Å². The molecule has 0 radical (unpaired) electrons. The van der Waals surface area contributed by atoms with Crippen LogP contribution in [0.3, 0.4) is 0 Å². The van der Waals surface area contributed by atoms with Crippen LogP contribution in [0.25, 0.3) is 81.3 Å². The first-order chi connectivity index (χ1) is 21.8. The lowest BCUT2D eigenvalue weighted by Gasteiger charge is -2.14. The van der Waals surface area contributed by atoms with Crippen LogP contribution in [0.4, 0.5) is 0 Å². The zero-order valence-corrected chi connectivity index (χ0v) is 24.6. The highest BCUT2D eigenvalue weighted by atomic mass is 32.1. The van der Waals surface area contributed by atoms with Gasteiger partial charge in [0, 0.05) is 31.4 Å². The molecule has 0 unspecified atom stereocenters. The molecule has 7 aromatic carbocycles. The van der Waals surface area contributed by atoms with Crippen molar-refractivity contribution in [3.63, 3.8) is 0 Å². The van der Waals surface area contributed by atoms with Crippen LogP contribution in [-0.4, -0.2) is 9.55 Å². The van der Waals surface area contributed by atoms with Crippen LogP contribution in [0.2, 0.25) is 0 Å². The fraction of sp³-hybridized carbons (Fsp3) is 0. The predicted molar refractivity (Wildman–Crippen MR) is 188 cm³/mol. The Hall–Kier alpha value is -5.51. The molecule has 44 heavy (non-hydrogen) atoms. The number of rotatable bonds is 4. The van der Waals surface area contributed by atoms with Gasteiger partial charge in [0.05, 0.1) is 11.0 Å². The molecule has 2 heterocycles. The molecule has 0 bridgehead atoms. The van der Waals surface area contributed by atoms with Gasteiger partial charge in [0.15, 0.2) is 0 Å². The first-order valence-electron chi connectivity index (χ1n) is 14.9. The molecule has 0 atom stereocenters. The molecule has 0 saturated heterocycles. The second-order valence-electron chi connectivity index (χ2n) is 11.2. The number of benzene rings is 7. The Bertz CT molecular complexity index is 2490. The number of thiophene rings is 1. The second kappa shape index (κ2) is 10.0. The third kappa shape index (κ3) is 3.98. The molecule has 0 aliphatic rings. The number of fused-ring (bicyclic) bond motifs is 5. The molecule has 0 fully saturated rings. The lowest BCUT2D eigenvalue weighted by atomic mass is 9.97. The van der Waals surface area contributed by atoms with Gasteiger partial charge >= 0.3 is 0 Å². The lowest BCUT2D eigenvalue weighted by molar-refractivity contribution is 1.11. The number of hydrogen-bond acceptors (Lipinski definition) is 2. The minimum absolute atomic E-state index is 0.955. The van der Waals surface area contributed by atoms with Crippen LogP contribution in [0.5, 0.6) is 0 Å². The topological polar surface area (TPSA) is 17.8 Å². The summed E-state index contributed by atoms with van der Waals surface area (Å²) in [5.41, 5.74) is 9.19. The van der Waals surface area contributed by atoms with E-state index in [1.165, 1.54) is 53.2 Å². The average Bonchev–Trinajstić information content (AvgIpc) is 3.66. The minimum Gasteiger partial charge on any atom is -0.292 e. The highest BCUT2D eigenvalue weighted by molar-refractivity contribution is 7.26. The van der Waals surface area contributed by atoms with Crippen molar-refractivity contribution in [3.05, 3.63) is 158 Å². The normalized spacial score (nSPS) is 11.6. The zero-order valence-electron chi connectivity index (χ0n) is 23.8. The summed E-state index contributed by atoms with van der Waals surface area (Å²) in [5.74, 6) is 0.955. The van der Waals surface area contributed by atoms with Crippen LogP contribution in [0, 0.1) is 0 Å². The summed E-state index contributed by atoms with van der Waals surface area (Å²) in [6.07, 6.45) is 0. The maximum Gasteiger partial charge on any atom is 0.147 e. The summed E-state index contributed by atoms with van der Waals surface area (Å²) in [6.45, 7) is 0. The van der Waals surface area contributed by atoms with Crippen LogP contribution >= 0.6 is 11.3 Å². The van der Waals surface area contributed by atoms with E-state index in [9.17, 15) is 0 Å². The molecule has 0 N–H and O–H groups in total. The molecular weight excluding hydrogens is 553 g/mol. The van der Waals surface area contributed by atoms with Gasteiger partial charge in [-0.2, -0.15) is 0 Å². The summed E-state index contributed by atoms with van der Waals surface area (Å²) in [4.78, 5) is 5.40. The van der Waals surface area contributed by atoms with Gasteiger partial charge in [-0.25, -0.2) is 4.98 Å². The minimum atomic E-state index is 0.955. The van der Waals surface area contributed by atoms with Crippen molar-refractivity contribution >= 4 is 53.3 Å². The fourth-order valence-corrected chi connectivity index (χ4v) is 7.76. The number of nitrogens with zero attached hydrogens (tertiary/aromatic N) is 2. The molecule has 0 aliphatic heterocycles. The van der Waals surface area contributed by atoms with Crippen molar-refractivity contribution in [2.75, 3.05) is 0 Å². The van der Waals surface area contributed by atoms with E-state index in [1.807, 2.05) is 11.3 Å². The molecule has 2 nitrogen and oxygen atoms in total. The maximum atomic E-state index is 5.40. The van der Waals surface area contributed by atoms with E-state index in [-0.39, 0.29) is 0 Å². The summed E-state index contributed by atoms with van der Waals surface area (Å²) in [5, 5.41) is 4.97. The first-order valence-corrected chi connectivity index (χ1v) is 15.7. The van der Waals surface area contributed by atoms with Crippen molar-refractivity contribution in [3.8, 4) is 39.3 Å². The molecular formula is C41H26N2S. The van der Waals surface area contributed by atoms with Gasteiger partial charge in [-0.1, -0.05) is 121 Å². The van der Waals surface area contributed by atoms with E-state index >= 15 is 0 Å². The van der Waals surface area contributed by atoms with E-state index in [1.54, 1.807) is 0 Å². The highest BCUT2D eigenvalue weighted by Crippen LogP contribution is 2.45. The van der Waals surface area contributed by atoms with E-state index < -0.39 is 0 Å². The van der Waals surface area contributed by atoms with E-state index in [0.29, 0.717) is 0 Å². The Morgan fingerprint density at radius 2 is 1.16 bits per heavy atom. The monoisotopic (exact) mass is 578 g/mol. The number of hydrogen-bond donors (Lipinski definition) is 0. The first kappa shape index (κ1) is 25.0. The molecule has 9 rings (SSSR count). The van der Waals surface area contributed by atoms with E-state index in [0.717, 1.165) is 28.1 Å². The van der Waals surface area contributed by atoms with Crippen molar-refractivity contribution in [2.24, 2.45) is 0 Å². The SMILES string of the molecule is c1ccc(-c2cccc(-n3c(-c4ccc(-c5ccccc5)c5c4sc4ccccc45)nc4cc5ccccc5cc43)c2)cc1. The Morgan fingerprint density at radius 3 is 1.98 bits per heavy atom. The van der Waals surface area contributed by atoms with Crippen LogP contribution < -0.4 is 0 Å². The van der Waals surface area contributed by atoms with Crippen molar-refractivity contribution in [2.45, 2.75) is 0 Å². The van der Waals surface area contributed by atoms with Crippen LogP contribution in [0.15, 0.2) is 158 Å². The Kier molecular flexibility index (Phi) is 5.71. The number of aromatic nitrogens is 2. The zero-order chi connectivity index (χ0) is 29.0. The van der Waals surface area contributed by atoms with Gasteiger partial charge in [-0.3, -0.25) is 4.57 Å². The van der Waals surface area contributed by atoms with Crippen LogP contribution in [0.1, 0.15) is 0 Å². The maximum absolute atomic E-state index is 5.40. The van der Waals surface area contributed by atoms with Gasteiger partial charge in [0.2, 0.25) is 0 Å². The molecule has 9 aromatic rings. The quantitative estimate of drug-likeness (QED) is 0.203. The average molecular weight is 579 g/mol. The predicted octanol–water partition coefficient (Wildman–Crippen LogP) is 11.5. The van der Waals surface area contributed by atoms with Gasteiger partial charge in [0.25, 0.3) is 0 Å². The van der Waals surface area contributed by atoms with Gasteiger partial charge in [-0.05, 0) is 69.4 Å². The Balaban J connectivity index is 1.38. The molecule has 0 saturated carbocycles. The third-order valence-electron chi connectivity index (χ3n) is 8.59. The second-order valence-corrected chi connectivity index (χ2v) is 12.3. The summed E-state index contributed by atoms with van der Waals surface area (Å²) < 4.78 is 4.90. The Labute approximate surface area is 259 Å². The van der Waals surface area contributed by atoms with Gasteiger partial charge in [-0.15, -0.1) is 11.3 Å². The van der Waals surface area contributed by atoms with Gasteiger partial charge in [0.1, 0.15) is 5.82 Å². The molecule has 206 valence electrons. The van der Waals surface area contributed by atoms with Crippen molar-refractivity contribution in [1.82, 2.24) is 9.55 Å². The van der Waals surface area contributed by atoms with Crippen molar-refractivity contribution in [1.29, 1.82) is 0 Å². The summed E-state index contributed by atoms with van der Waals surface area (Å²) in [7, 11) is 0. The lowest BCUT2D eigenvalue weighted by Crippen LogP contribution is -1.98. The Morgan fingerprint density at radius 1 is 0.500 bits per heavy atom. The molecule has 3 heteroatoms. The summed E-state index contributed by atoms with van der Waals surface area (Å²) >= 11 is 1.86. The molecule has 2 aromatic heterocycles. The standard InChI is InChI=1S/C41H26N2S/c1-3-12-27(13-4-1)29-18-11-19-32(24-29)43-37-26-31-17-8-7-16-30(31)25-36(37)42-41(43)35-23-22-33(28-14-5-2-6-15-28)39-34-20-9-10-21-38(34)44-40(35)39/h1-26H. The molecule has 0 amide bonds. The largest absolute Gasteiger partial charge is 0.292 e. The van der Waals surface area contributed by atoms with E-state index in [4.69, 9.17) is 4.98 Å². The molecule has 0 spiro atoms. The smallest absolute Gasteiger partial charge is 0.147 e. The number of imidazole rings is 1. The highest BCUT2D eigenvalue weighted by Gasteiger charge is 2.21. The van der Waals surface area contributed by atoms with Crippen molar-refractivity contribution < 1.29 is 0 Å². The fourth-order valence-electron chi connectivity index (χ4n) is 6.52. The van der Waals surface area contributed by atoms with Gasteiger partial charge < -0.3 is 0 Å². The summed E-state index contributed by atoms with van der Waals surface area (Å²) in [6, 6.07) is 56.6.